The summed E-state index contributed by atoms with van der Waals surface area (Å²) in [5.74, 6) is 0.595. The molecule has 76 valence electrons. The average Bonchev–Trinajstić information content (AvgIpc) is 2.30. The Balaban J connectivity index is 2.54. The Morgan fingerprint density at radius 3 is 3.00 bits per heavy atom. The molecule has 2 aromatic rings. The van der Waals surface area contributed by atoms with Crippen molar-refractivity contribution in [2.75, 3.05) is 7.11 Å². The molecule has 2 rings (SSSR count). The Hall–Kier alpha value is -2.17. The van der Waals surface area contributed by atoms with Gasteiger partial charge < -0.3 is 9.72 Å². The standard InChI is InChI=1S/C10H9N3O2/c1-15-8-4-7(5-11-6-8)9-10(14)13-3-2-12-9/h2-6H,1H3,(H,13,14). The molecule has 0 aliphatic carbocycles. The molecule has 0 fully saturated rings. The number of hydrogen-bond donors (Lipinski definition) is 1. The molecule has 2 aromatic heterocycles. The molecule has 0 bridgehead atoms. The summed E-state index contributed by atoms with van der Waals surface area (Å²) in [6, 6.07) is 1.71. The number of methoxy groups -OCH3 is 1. The van der Waals surface area contributed by atoms with E-state index in [9.17, 15) is 4.79 Å². The number of nitrogens with one attached hydrogen (secondary N) is 1. The van der Waals surface area contributed by atoms with Crippen LogP contribution in [0.4, 0.5) is 0 Å². The monoisotopic (exact) mass is 203 g/mol. The van der Waals surface area contributed by atoms with E-state index in [1.165, 1.54) is 12.4 Å². The van der Waals surface area contributed by atoms with Gasteiger partial charge in [0.05, 0.1) is 13.3 Å². The molecule has 0 atom stereocenters. The average molecular weight is 203 g/mol. The van der Waals surface area contributed by atoms with E-state index in [-0.39, 0.29) is 5.56 Å². The predicted octanol–water partition coefficient (Wildman–Crippen LogP) is 0.840. The van der Waals surface area contributed by atoms with Crippen LogP contribution in [-0.2, 0) is 0 Å². The third-order valence-corrected chi connectivity index (χ3v) is 1.93. The van der Waals surface area contributed by atoms with Crippen LogP contribution < -0.4 is 10.3 Å². The quantitative estimate of drug-likeness (QED) is 0.785. The van der Waals surface area contributed by atoms with Crippen LogP contribution in [0.3, 0.4) is 0 Å². The molecule has 15 heavy (non-hydrogen) atoms. The normalized spacial score (nSPS) is 9.93. The molecule has 0 radical (unpaired) electrons. The van der Waals surface area contributed by atoms with Crippen LogP contribution in [0.15, 0.2) is 35.6 Å². The summed E-state index contributed by atoms with van der Waals surface area (Å²) in [5.41, 5.74) is 0.729. The van der Waals surface area contributed by atoms with E-state index < -0.39 is 0 Å². The molecule has 0 amide bonds. The maximum atomic E-state index is 11.4. The Kier molecular flexibility index (Phi) is 2.45. The molecule has 0 spiro atoms. The van der Waals surface area contributed by atoms with Crippen molar-refractivity contribution in [2.45, 2.75) is 0 Å². The lowest BCUT2D eigenvalue weighted by atomic mass is 10.2. The third kappa shape index (κ3) is 1.85. The van der Waals surface area contributed by atoms with Gasteiger partial charge in [0.2, 0.25) is 0 Å². The molecular formula is C10H9N3O2. The van der Waals surface area contributed by atoms with Crippen LogP contribution in [0, 0.1) is 0 Å². The van der Waals surface area contributed by atoms with Gasteiger partial charge in [-0.05, 0) is 6.07 Å². The van der Waals surface area contributed by atoms with E-state index in [0.717, 1.165) is 0 Å². The van der Waals surface area contributed by atoms with Crippen molar-refractivity contribution in [3.05, 3.63) is 41.2 Å². The lowest BCUT2D eigenvalue weighted by molar-refractivity contribution is 0.413. The van der Waals surface area contributed by atoms with Crippen LogP contribution in [-0.4, -0.2) is 22.1 Å². The summed E-state index contributed by atoms with van der Waals surface area (Å²) in [6.45, 7) is 0. The van der Waals surface area contributed by atoms with Crippen LogP contribution in [0.1, 0.15) is 0 Å². The number of aromatic nitrogens is 3. The zero-order valence-corrected chi connectivity index (χ0v) is 8.10. The highest BCUT2D eigenvalue weighted by molar-refractivity contribution is 5.58. The van der Waals surface area contributed by atoms with Crippen LogP contribution in [0.5, 0.6) is 5.75 Å². The van der Waals surface area contributed by atoms with Gasteiger partial charge in [-0.2, -0.15) is 0 Å². The van der Waals surface area contributed by atoms with Gasteiger partial charge in [-0.25, -0.2) is 4.98 Å². The number of pyridine rings is 1. The minimum absolute atomic E-state index is 0.243. The highest BCUT2D eigenvalue weighted by Gasteiger charge is 2.05. The maximum absolute atomic E-state index is 11.4. The summed E-state index contributed by atoms with van der Waals surface area (Å²) in [7, 11) is 1.55. The summed E-state index contributed by atoms with van der Waals surface area (Å²) < 4.78 is 5.01. The first-order valence-corrected chi connectivity index (χ1v) is 4.34. The van der Waals surface area contributed by atoms with Crippen molar-refractivity contribution in [1.29, 1.82) is 0 Å². The molecule has 0 aliphatic heterocycles. The molecule has 0 saturated carbocycles. The molecule has 0 aromatic carbocycles. The fourth-order valence-corrected chi connectivity index (χ4v) is 1.22. The second-order valence-corrected chi connectivity index (χ2v) is 2.88. The number of H-pyrrole nitrogens is 1. The minimum atomic E-state index is -0.243. The van der Waals surface area contributed by atoms with E-state index in [1.807, 2.05) is 0 Å². The first-order chi connectivity index (χ1) is 7.31. The summed E-state index contributed by atoms with van der Waals surface area (Å²) in [4.78, 5) is 21.9. The van der Waals surface area contributed by atoms with Crippen molar-refractivity contribution in [3.8, 4) is 17.0 Å². The van der Waals surface area contributed by atoms with Gasteiger partial charge in [0.25, 0.3) is 5.56 Å². The molecule has 5 nitrogen and oxygen atoms in total. The maximum Gasteiger partial charge on any atom is 0.274 e. The molecule has 0 unspecified atom stereocenters. The molecule has 0 aliphatic rings. The van der Waals surface area contributed by atoms with Gasteiger partial charge in [0.15, 0.2) is 0 Å². The molecular weight excluding hydrogens is 194 g/mol. The smallest absolute Gasteiger partial charge is 0.274 e. The Labute approximate surface area is 85.8 Å². The zero-order chi connectivity index (χ0) is 10.7. The SMILES string of the molecule is COc1cncc(-c2ncc[nH]c2=O)c1. The van der Waals surface area contributed by atoms with E-state index in [1.54, 1.807) is 25.6 Å². The molecule has 0 saturated heterocycles. The van der Waals surface area contributed by atoms with Crippen molar-refractivity contribution < 1.29 is 4.74 Å². The topological polar surface area (TPSA) is 67.9 Å². The van der Waals surface area contributed by atoms with Gasteiger partial charge in [-0.15, -0.1) is 0 Å². The number of aromatic amines is 1. The summed E-state index contributed by atoms with van der Waals surface area (Å²) >= 11 is 0. The lowest BCUT2D eigenvalue weighted by Crippen LogP contribution is -2.09. The summed E-state index contributed by atoms with van der Waals surface area (Å²) in [6.07, 6.45) is 6.15. The first kappa shape index (κ1) is 9.39. The van der Waals surface area contributed by atoms with Crippen molar-refractivity contribution in [1.82, 2.24) is 15.0 Å². The van der Waals surface area contributed by atoms with E-state index in [4.69, 9.17) is 4.74 Å². The van der Waals surface area contributed by atoms with Gasteiger partial charge in [0, 0.05) is 24.2 Å². The van der Waals surface area contributed by atoms with Crippen LogP contribution in [0.2, 0.25) is 0 Å². The van der Waals surface area contributed by atoms with E-state index >= 15 is 0 Å². The van der Waals surface area contributed by atoms with Crippen molar-refractivity contribution in [2.24, 2.45) is 0 Å². The fourth-order valence-electron chi connectivity index (χ4n) is 1.22. The zero-order valence-electron chi connectivity index (χ0n) is 8.10. The van der Waals surface area contributed by atoms with Crippen LogP contribution in [0.25, 0.3) is 11.3 Å². The Morgan fingerprint density at radius 1 is 1.40 bits per heavy atom. The van der Waals surface area contributed by atoms with Gasteiger partial charge in [-0.1, -0.05) is 0 Å². The summed E-state index contributed by atoms with van der Waals surface area (Å²) in [5, 5.41) is 0. The highest BCUT2D eigenvalue weighted by Crippen LogP contribution is 2.16. The first-order valence-electron chi connectivity index (χ1n) is 4.34. The Morgan fingerprint density at radius 2 is 2.27 bits per heavy atom. The third-order valence-electron chi connectivity index (χ3n) is 1.93. The van der Waals surface area contributed by atoms with Gasteiger partial charge in [-0.3, -0.25) is 9.78 Å². The van der Waals surface area contributed by atoms with Gasteiger partial charge in [0.1, 0.15) is 11.4 Å². The van der Waals surface area contributed by atoms with E-state index in [2.05, 4.69) is 15.0 Å². The highest BCUT2D eigenvalue weighted by atomic mass is 16.5. The van der Waals surface area contributed by atoms with Crippen molar-refractivity contribution >= 4 is 0 Å². The number of nitrogens with zero attached hydrogens (tertiary/aromatic N) is 2. The largest absolute Gasteiger partial charge is 0.495 e. The second-order valence-electron chi connectivity index (χ2n) is 2.88. The van der Waals surface area contributed by atoms with Crippen molar-refractivity contribution in [3.63, 3.8) is 0 Å². The molecule has 2 heterocycles. The number of rotatable bonds is 2. The second kappa shape index (κ2) is 3.91. The van der Waals surface area contributed by atoms with Gasteiger partial charge >= 0.3 is 0 Å². The lowest BCUT2D eigenvalue weighted by Gasteiger charge is -2.01. The van der Waals surface area contributed by atoms with E-state index in [0.29, 0.717) is 17.0 Å². The fraction of sp³-hybridized carbons (Fsp3) is 0.100. The molecule has 1 N–H and O–H groups in total. The number of ether oxygens (including phenoxy) is 1. The number of hydrogen-bond acceptors (Lipinski definition) is 4. The predicted molar refractivity (Wildman–Crippen MR) is 54.6 cm³/mol. The molecule has 5 heteroatoms. The minimum Gasteiger partial charge on any atom is -0.495 e. The Bertz CT molecular complexity index is 522. The van der Waals surface area contributed by atoms with Crippen LogP contribution >= 0.6 is 0 Å².